The minimum Gasteiger partial charge on any atom is -0.382 e. The number of ether oxygens (including phenoxy) is 1. The summed E-state index contributed by atoms with van der Waals surface area (Å²) in [6.07, 6.45) is 4.87. The van der Waals surface area contributed by atoms with E-state index in [9.17, 15) is 0 Å². The summed E-state index contributed by atoms with van der Waals surface area (Å²) in [5.74, 6) is 0. The van der Waals surface area contributed by atoms with Crippen LogP contribution in [0.3, 0.4) is 0 Å². The Labute approximate surface area is 91.6 Å². The monoisotopic (exact) mass is 211 g/mol. The van der Waals surface area contributed by atoms with Gasteiger partial charge < -0.3 is 10.1 Å². The Hall–Kier alpha value is -0.870. The fourth-order valence-corrected chi connectivity index (χ4v) is 1.39. The fourth-order valence-electron chi connectivity index (χ4n) is 1.39. The van der Waals surface area contributed by atoms with Gasteiger partial charge >= 0.3 is 0 Å². The first kappa shape index (κ1) is 12.2. The highest BCUT2D eigenvalue weighted by molar-refractivity contribution is 4.80. The largest absolute Gasteiger partial charge is 0.382 e. The Balaban J connectivity index is 2.00. The highest BCUT2D eigenvalue weighted by Gasteiger charge is 2.02. The van der Waals surface area contributed by atoms with Crippen molar-refractivity contribution in [1.29, 1.82) is 0 Å². The molecule has 1 heterocycles. The summed E-state index contributed by atoms with van der Waals surface area (Å²) in [6.45, 7) is 7.79. The molecule has 0 radical (unpaired) electrons. The average Bonchev–Trinajstić information content (AvgIpc) is 2.76. The van der Waals surface area contributed by atoms with Crippen molar-refractivity contribution in [2.45, 2.75) is 26.3 Å². The summed E-state index contributed by atoms with van der Waals surface area (Å²) in [6, 6.07) is 2.36. The molecule has 0 fully saturated rings. The zero-order chi connectivity index (χ0) is 10.9. The number of nitrogens with one attached hydrogen (secondary N) is 1. The van der Waals surface area contributed by atoms with Crippen LogP contribution in [-0.2, 0) is 4.74 Å². The second-order valence-electron chi connectivity index (χ2n) is 3.59. The van der Waals surface area contributed by atoms with Crippen LogP contribution in [0, 0.1) is 0 Å². The van der Waals surface area contributed by atoms with E-state index in [1.165, 1.54) is 0 Å². The number of hydrogen-bond acceptors (Lipinski definition) is 3. The predicted molar refractivity (Wildman–Crippen MR) is 60.9 cm³/mol. The molecule has 1 rings (SSSR count). The third-order valence-electron chi connectivity index (χ3n) is 2.26. The average molecular weight is 211 g/mol. The van der Waals surface area contributed by atoms with Gasteiger partial charge in [-0.1, -0.05) is 0 Å². The van der Waals surface area contributed by atoms with Gasteiger partial charge in [-0.05, 0) is 32.9 Å². The Morgan fingerprint density at radius 3 is 3.07 bits per heavy atom. The summed E-state index contributed by atoms with van der Waals surface area (Å²) >= 11 is 0. The van der Waals surface area contributed by atoms with Gasteiger partial charge in [0.15, 0.2) is 0 Å². The Kier molecular flexibility index (Phi) is 6.04. The molecule has 0 aliphatic carbocycles. The maximum atomic E-state index is 5.26. The van der Waals surface area contributed by atoms with Crippen LogP contribution in [0.5, 0.6) is 0 Å². The SMILES string of the molecule is CCOCCCNCC(C)n1cccn1. The molecule has 0 aliphatic heterocycles. The molecule has 0 amide bonds. The van der Waals surface area contributed by atoms with Gasteiger partial charge in [0.1, 0.15) is 0 Å². The van der Waals surface area contributed by atoms with Gasteiger partial charge in [0.25, 0.3) is 0 Å². The minimum atomic E-state index is 0.409. The minimum absolute atomic E-state index is 0.409. The van der Waals surface area contributed by atoms with Gasteiger partial charge in [-0.15, -0.1) is 0 Å². The van der Waals surface area contributed by atoms with Crippen molar-refractivity contribution in [2.24, 2.45) is 0 Å². The van der Waals surface area contributed by atoms with E-state index < -0.39 is 0 Å². The molecule has 0 bridgehead atoms. The Bertz CT molecular complexity index is 236. The standard InChI is InChI=1S/C11H21N3O/c1-3-15-9-5-6-12-10-11(2)14-8-4-7-13-14/h4,7-8,11-12H,3,5-6,9-10H2,1-2H3. The summed E-state index contributed by atoms with van der Waals surface area (Å²) in [7, 11) is 0. The second-order valence-corrected chi connectivity index (χ2v) is 3.59. The van der Waals surface area contributed by atoms with Crippen LogP contribution in [0.1, 0.15) is 26.3 Å². The summed E-state index contributed by atoms with van der Waals surface area (Å²) in [4.78, 5) is 0. The normalized spacial score (nSPS) is 12.9. The number of rotatable bonds is 8. The molecular weight excluding hydrogens is 190 g/mol. The summed E-state index contributed by atoms with van der Waals surface area (Å²) in [5.41, 5.74) is 0. The zero-order valence-corrected chi connectivity index (χ0v) is 9.65. The Morgan fingerprint density at radius 2 is 2.40 bits per heavy atom. The van der Waals surface area contributed by atoms with Crippen LogP contribution in [0.2, 0.25) is 0 Å². The van der Waals surface area contributed by atoms with Gasteiger partial charge in [0.2, 0.25) is 0 Å². The van der Waals surface area contributed by atoms with E-state index in [-0.39, 0.29) is 0 Å². The molecule has 0 saturated carbocycles. The van der Waals surface area contributed by atoms with E-state index in [1.54, 1.807) is 0 Å². The summed E-state index contributed by atoms with van der Waals surface area (Å²) < 4.78 is 7.22. The number of hydrogen-bond donors (Lipinski definition) is 1. The van der Waals surface area contributed by atoms with Gasteiger partial charge in [-0.3, -0.25) is 4.68 Å². The lowest BCUT2D eigenvalue weighted by molar-refractivity contribution is 0.144. The molecule has 86 valence electrons. The van der Waals surface area contributed by atoms with Gasteiger partial charge in [0, 0.05) is 32.2 Å². The summed E-state index contributed by atoms with van der Waals surface area (Å²) in [5, 5.41) is 7.59. The molecule has 1 N–H and O–H groups in total. The van der Waals surface area contributed by atoms with E-state index in [0.717, 1.165) is 32.7 Å². The molecule has 0 aromatic carbocycles. The molecule has 4 nitrogen and oxygen atoms in total. The molecule has 4 heteroatoms. The van der Waals surface area contributed by atoms with E-state index in [4.69, 9.17) is 4.74 Å². The van der Waals surface area contributed by atoms with Crippen molar-refractivity contribution in [3.05, 3.63) is 18.5 Å². The highest BCUT2D eigenvalue weighted by atomic mass is 16.5. The molecule has 15 heavy (non-hydrogen) atoms. The quantitative estimate of drug-likeness (QED) is 0.662. The number of aromatic nitrogens is 2. The predicted octanol–water partition coefficient (Wildman–Crippen LogP) is 1.46. The number of nitrogens with zero attached hydrogens (tertiary/aromatic N) is 2. The van der Waals surface area contributed by atoms with Crippen molar-refractivity contribution in [3.8, 4) is 0 Å². The van der Waals surface area contributed by atoms with E-state index in [0.29, 0.717) is 6.04 Å². The second kappa shape index (κ2) is 7.43. The maximum Gasteiger partial charge on any atom is 0.0615 e. The van der Waals surface area contributed by atoms with Gasteiger partial charge in [-0.2, -0.15) is 5.10 Å². The van der Waals surface area contributed by atoms with E-state index in [2.05, 4.69) is 17.3 Å². The topological polar surface area (TPSA) is 39.1 Å². The molecule has 1 aromatic rings. The first-order valence-corrected chi connectivity index (χ1v) is 5.62. The molecule has 1 unspecified atom stereocenters. The maximum absolute atomic E-state index is 5.26. The van der Waals surface area contributed by atoms with Crippen molar-refractivity contribution in [3.63, 3.8) is 0 Å². The van der Waals surface area contributed by atoms with E-state index >= 15 is 0 Å². The molecular formula is C11H21N3O. The molecule has 0 saturated heterocycles. The fraction of sp³-hybridized carbons (Fsp3) is 0.727. The van der Waals surface area contributed by atoms with Gasteiger partial charge in [-0.25, -0.2) is 0 Å². The van der Waals surface area contributed by atoms with Crippen molar-refractivity contribution in [2.75, 3.05) is 26.3 Å². The first-order valence-electron chi connectivity index (χ1n) is 5.62. The molecule has 0 aliphatic rings. The molecule has 1 atom stereocenters. The van der Waals surface area contributed by atoms with Crippen LogP contribution in [-0.4, -0.2) is 36.1 Å². The van der Waals surface area contributed by atoms with E-state index in [1.807, 2.05) is 30.1 Å². The zero-order valence-electron chi connectivity index (χ0n) is 9.65. The third-order valence-corrected chi connectivity index (χ3v) is 2.26. The van der Waals surface area contributed by atoms with Gasteiger partial charge in [0.05, 0.1) is 6.04 Å². The Morgan fingerprint density at radius 1 is 1.53 bits per heavy atom. The lowest BCUT2D eigenvalue weighted by Crippen LogP contribution is -2.25. The van der Waals surface area contributed by atoms with Crippen LogP contribution >= 0.6 is 0 Å². The molecule has 1 aromatic heterocycles. The van der Waals surface area contributed by atoms with Crippen LogP contribution in [0.4, 0.5) is 0 Å². The highest BCUT2D eigenvalue weighted by Crippen LogP contribution is 2.00. The van der Waals surface area contributed by atoms with Crippen LogP contribution < -0.4 is 5.32 Å². The lowest BCUT2D eigenvalue weighted by Gasteiger charge is -2.12. The van der Waals surface area contributed by atoms with Crippen molar-refractivity contribution in [1.82, 2.24) is 15.1 Å². The lowest BCUT2D eigenvalue weighted by atomic mass is 10.3. The smallest absolute Gasteiger partial charge is 0.0615 e. The van der Waals surface area contributed by atoms with Crippen LogP contribution in [0.25, 0.3) is 0 Å². The van der Waals surface area contributed by atoms with Crippen molar-refractivity contribution >= 4 is 0 Å². The third kappa shape index (κ3) is 4.95. The van der Waals surface area contributed by atoms with Crippen molar-refractivity contribution < 1.29 is 4.74 Å². The van der Waals surface area contributed by atoms with Crippen LogP contribution in [0.15, 0.2) is 18.5 Å². The molecule has 0 spiro atoms. The first-order chi connectivity index (χ1) is 7.34.